The summed E-state index contributed by atoms with van der Waals surface area (Å²) in [5, 5.41) is 14.6. The third kappa shape index (κ3) is 3.70. The van der Waals surface area contributed by atoms with Gasteiger partial charge >= 0.3 is 0 Å². The first kappa shape index (κ1) is 16.7. The quantitative estimate of drug-likeness (QED) is 0.427. The molecule has 0 radical (unpaired) electrons. The number of methoxy groups -OCH3 is 1. The van der Waals surface area contributed by atoms with E-state index in [2.05, 4.69) is 15.5 Å². The van der Waals surface area contributed by atoms with Gasteiger partial charge in [-0.15, -0.1) is 0 Å². The number of phenols is 1. The molecule has 1 aromatic heterocycles. The molecular weight excluding hydrogens is 342 g/mol. The van der Waals surface area contributed by atoms with Gasteiger partial charge in [-0.25, -0.2) is 10.4 Å². The zero-order valence-electron chi connectivity index (χ0n) is 13.2. The molecule has 0 fully saturated rings. The lowest BCUT2D eigenvalue weighted by Crippen LogP contribution is -2.17. The Morgan fingerprint density at radius 2 is 2.08 bits per heavy atom. The van der Waals surface area contributed by atoms with E-state index in [0.717, 1.165) is 10.9 Å². The molecule has 0 spiro atoms. The number of phenolic OH excluding ortho intramolecular Hbond substituents is 1. The Morgan fingerprint density at radius 3 is 2.84 bits per heavy atom. The molecule has 1 amide bonds. The van der Waals surface area contributed by atoms with Gasteiger partial charge in [-0.3, -0.25) is 4.79 Å². The zero-order chi connectivity index (χ0) is 17.8. The molecule has 0 saturated heterocycles. The number of rotatable bonds is 4. The average Bonchev–Trinajstić information content (AvgIpc) is 2.62. The number of para-hydroxylation sites is 1. The standard InChI is InChI=1S/C18H14ClN3O3/c1-25-13-6-7-15-11(9-13)8-12(17(19)21-15)10-20-22-18(24)14-4-2-3-5-16(14)23/h2-10,23H,1H3,(H,22,24). The van der Waals surface area contributed by atoms with Gasteiger partial charge in [0.05, 0.1) is 24.4 Å². The van der Waals surface area contributed by atoms with Crippen molar-refractivity contribution >= 4 is 34.6 Å². The van der Waals surface area contributed by atoms with E-state index < -0.39 is 5.91 Å². The highest BCUT2D eigenvalue weighted by Gasteiger charge is 2.09. The maximum absolute atomic E-state index is 12.0. The monoisotopic (exact) mass is 355 g/mol. The molecule has 6 nitrogen and oxygen atoms in total. The highest BCUT2D eigenvalue weighted by Crippen LogP contribution is 2.23. The summed E-state index contributed by atoms with van der Waals surface area (Å²) in [5.41, 5.74) is 3.74. The summed E-state index contributed by atoms with van der Waals surface area (Å²) in [6.45, 7) is 0. The topological polar surface area (TPSA) is 83.8 Å². The third-order valence-electron chi connectivity index (χ3n) is 3.52. The number of benzene rings is 2. The first-order valence-electron chi connectivity index (χ1n) is 7.34. The number of ether oxygens (including phenoxy) is 1. The van der Waals surface area contributed by atoms with Gasteiger partial charge in [0.15, 0.2) is 0 Å². The lowest BCUT2D eigenvalue weighted by atomic mass is 10.1. The molecule has 3 aromatic rings. The van der Waals surface area contributed by atoms with Crippen LogP contribution in [0, 0.1) is 0 Å². The number of aromatic nitrogens is 1. The van der Waals surface area contributed by atoms with Gasteiger partial charge in [0.1, 0.15) is 16.7 Å². The number of hydrazone groups is 1. The number of nitrogens with one attached hydrogen (secondary N) is 1. The number of aromatic hydroxyl groups is 1. The predicted octanol–water partition coefficient (Wildman–Crippen LogP) is 3.37. The van der Waals surface area contributed by atoms with Crippen LogP contribution in [-0.2, 0) is 0 Å². The van der Waals surface area contributed by atoms with Crippen molar-refractivity contribution in [2.75, 3.05) is 7.11 Å². The SMILES string of the molecule is COc1ccc2nc(Cl)c(C=NNC(=O)c3ccccc3O)cc2c1. The highest BCUT2D eigenvalue weighted by molar-refractivity contribution is 6.32. The lowest BCUT2D eigenvalue weighted by Gasteiger charge is -2.05. The summed E-state index contributed by atoms with van der Waals surface area (Å²) in [5.74, 6) is 0.0564. The summed E-state index contributed by atoms with van der Waals surface area (Å²) in [7, 11) is 1.58. The minimum absolute atomic E-state index is 0.118. The Kier molecular flexibility index (Phi) is 4.81. The van der Waals surface area contributed by atoms with Crippen LogP contribution in [0.3, 0.4) is 0 Å². The molecule has 1 heterocycles. The number of carbonyl (C=O) groups is 1. The van der Waals surface area contributed by atoms with E-state index in [1.165, 1.54) is 18.3 Å². The Balaban J connectivity index is 1.82. The number of hydrogen-bond acceptors (Lipinski definition) is 5. The fourth-order valence-corrected chi connectivity index (χ4v) is 2.45. The molecule has 3 rings (SSSR count). The molecule has 0 aliphatic rings. The first-order chi connectivity index (χ1) is 12.1. The highest BCUT2D eigenvalue weighted by atomic mass is 35.5. The number of pyridine rings is 1. The normalized spacial score (nSPS) is 11.0. The predicted molar refractivity (Wildman–Crippen MR) is 96.5 cm³/mol. The van der Waals surface area contributed by atoms with Crippen LogP contribution in [0.1, 0.15) is 15.9 Å². The van der Waals surface area contributed by atoms with Crippen LogP contribution in [0.15, 0.2) is 53.6 Å². The van der Waals surface area contributed by atoms with Gasteiger partial charge in [0.25, 0.3) is 5.91 Å². The van der Waals surface area contributed by atoms with Crippen LogP contribution in [-0.4, -0.2) is 29.3 Å². The number of carbonyl (C=O) groups excluding carboxylic acids is 1. The van der Waals surface area contributed by atoms with Crippen molar-refractivity contribution in [1.29, 1.82) is 0 Å². The van der Waals surface area contributed by atoms with Crippen molar-refractivity contribution in [3.05, 3.63) is 64.8 Å². The maximum Gasteiger partial charge on any atom is 0.275 e. The second-order valence-corrected chi connectivity index (χ2v) is 5.50. The van der Waals surface area contributed by atoms with E-state index in [9.17, 15) is 9.90 Å². The summed E-state index contributed by atoms with van der Waals surface area (Å²) in [4.78, 5) is 16.3. The maximum atomic E-state index is 12.0. The number of nitrogens with zero attached hydrogens (tertiary/aromatic N) is 2. The molecule has 0 aliphatic carbocycles. The van der Waals surface area contributed by atoms with E-state index in [0.29, 0.717) is 11.3 Å². The van der Waals surface area contributed by atoms with E-state index in [1.807, 2.05) is 6.07 Å². The average molecular weight is 356 g/mol. The van der Waals surface area contributed by atoms with Crippen molar-refractivity contribution in [1.82, 2.24) is 10.4 Å². The van der Waals surface area contributed by atoms with Crippen molar-refractivity contribution in [2.24, 2.45) is 5.10 Å². The number of fused-ring (bicyclic) bond motifs is 1. The van der Waals surface area contributed by atoms with Gasteiger partial charge in [0.2, 0.25) is 0 Å². The minimum Gasteiger partial charge on any atom is -0.507 e. The number of amides is 1. The van der Waals surface area contributed by atoms with Gasteiger partial charge in [0, 0.05) is 10.9 Å². The zero-order valence-corrected chi connectivity index (χ0v) is 14.0. The Labute approximate surface area is 148 Å². The summed E-state index contributed by atoms with van der Waals surface area (Å²) < 4.78 is 5.19. The Hall–Kier alpha value is -3.12. The smallest absolute Gasteiger partial charge is 0.275 e. The largest absolute Gasteiger partial charge is 0.507 e. The van der Waals surface area contributed by atoms with Gasteiger partial charge in [-0.05, 0) is 36.4 Å². The summed E-state index contributed by atoms with van der Waals surface area (Å²) >= 11 is 6.15. The van der Waals surface area contributed by atoms with Crippen LogP contribution in [0.25, 0.3) is 10.9 Å². The van der Waals surface area contributed by atoms with Gasteiger partial charge in [-0.1, -0.05) is 23.7 Å². The van der Waals surface area contributed by atoms with Crippen LogP contribution in [0.4, 0.5) is 0 Å². The molecule has 25 heavy (non-hydrogen) atoms. The van der Waals surface area contributed by atoms with E-state index >= 15 is 0 Å². The molecule has 2 N–H and O–H groups in total. The van der Waals surface area contributed by atoms with Gasteiger partial charge < -0.3 is 9.84 Å². The lowest BCUT2D eigenvalue weighted by molar-refractivity contribution is 0.0952. The van der Waals surface area contributed by atoms with Crippen LogP contribution < -0.4 is 10.2 Å². The fourth-order valence-electron chi connectivity index (χ4n) is 2.25. The molecule has 126 valence electrons. The second kappa shape index (κ2) is 7.19. The molecular formula is C18H14ClN3O3. The number of halogens is 1. The summed E-state index contributed by atoms with van der Waals surface area (Å²) in [6, 6.07) is 13.4. The van der Waals surface area contributed by atoms with Crippen LogP contribution >= 0.6 is 11.6 Å². The van der Waals surface area contributed by atoms with Gasteiger partial charge in [-0.2, -0.15) is 5.10 Å². The van der Waals surface area contributed by atoms with E-state index in [1.54, 1.807) is 37.4 Å². The summed E-state index contributed by atoms with van der Waals surface area (Å²) in [6.07, 6.45) is 1.39. The molecule has 0 unspecified atom stereocenters. The third-order valence-corrected chi connectivity index (χ3v) is 3.82. The second-order valence-electron chi connectivity index (χ2n) is 5.14. The van der Waals surface area contributed by atoms with Crippen LogP contribution in [0.5, 0.6) is 11.5 Å². The number of hydrogen-bond donors (Lipinski definition) is 2. The van der Waals surface area contributed by atoms with Crippen molar-refractivity contribution in [2.45, 2.75) is 0 Å². The van der Waals surface area contributed by atoms with Crippen molar-refractivity contribution < 1.29 is 14.6 Å². The molecule has 7 heteroatoms. The van der Waals surface area contributed by atoms with Crippen LogP contribution in [0.2, 0.25) is 5.15 Å². The molecule has 0 bridgehead atoms. The van der Waals surface area contributed by atoms with E-state index in [-0.39, 0.29) is 16.5 Å². The van der Waals surface area contributed by atoms with Crippen molar-refractivity contribution in [3.8, 4) is 11.5 Å². The fraction of sp³-hybridized carbons (Fsp3) is 0.0556. The molecule has 0 aliphatic heterocycles. The Bertz CT molecular complexity index is 973. The molecule has 0 atom stereocenters. The molecule has 2 aromatic carbocycles. The first-order valence-corrected chi connectivity index (χ1v) is 7.72. The Morgan fingerprint density at radius 1 is 1.28 bits per heavy atom. The van der Waals surface area contributed by atoms with Crippen molar-refractivity contribution in [3.63, 3.8) is 0 Å². The minimum atomic E-state index is -0.527. The molecule has 0 saturated carbocycles. The van der Waals surface area contributed by atoms with E-state index in [4.69, 9.17) is 16.3 Å².